The zero-order chi connectivity index (χ0) is 16.2. The second-order valence-corrected chi connectivity index (χ2v) is 6.24. The van der Waals surface area contributed by atoms with Crippen LogP contribution in [0.3, 0.4) is 0 Å². The number of alkyl carbamates (subject to hydrolysis) is 1. The summed E-state index contributed by atoms with van der Waals surface area (Å²) in [5.74, 6) is -1.82. The standard InChI is InChI=1S/C15H20ClNO4/c1-9(13(18)19)12(10-5-7-11(16)8-6-10)17-14(20)21-15(2,3)4/h5-9,12H,1-4H3,(H,17,20)(H,18,19)/t9-,12-/m1/s1. The molecule has 116 valence electrons. The summed E-state index contributed by atoms with van der Waals surface area (Å²) in [7, 11) is 0. The van der Waals surface area contributed by atoms with Crippen LogP contribution in [0.25, 0.3) is 0 Å². The molecule has 1 aromatic rings. The Labute approximate surface area is 129 Å². The molecule has 0 radical (unpaired) electrons. The third-order valence-corrected chi connectivity index (χ3v) is 3.04. The van der Waals surface area contributed by atoms with Gasteiger partial charge in [-0.3, -0.25) is 4.79 Å². The number of ether oxygens (including phenoxy) is 1. The fourth-order valence-corrected chi connectivity index (χ4v) is 1.87. The SMILES string of the molecule is C[C@@H](C(=O)O)[C@@H](NC(=O)OC(C)(C)C)c1ccc(Cl)cc1. The molecule has 21 heavy (non-hydrogen) atoms. The molecule has 0 aliphatic rings. The van der Waals surface area contributed by atoms with Crippen LogP contribution in [-0.4, -0.2) is 22.8 Å². The molecule has 2 N–H and O–H groups in total. The molecule has 0 aliphatic heterocycles. The molecule has 0 fully saturated rings. The number of halogens is 1. The molecule has 6 heteroatoms. The molecule has 0 unspecified atom stereocenters. The molecule has 1 rings (SSSR count). The number of carbonyl (C=O) groups excluding carboxylic acids is 1. The van der Waals surface area contributed by atoms with Crippen LogP contribution in [-0.2, 0) is 9.53 Å². The Kier molecular flexibility index (Phi) is 5.61. The van der Waals surface area contributed by atoms with Crippen molar-refractivity contribution >= 4 is 23.7 Å². The minimum atomic E-state index is -1.01. The van der Waals surface area contributed by atoms with Crippen LogP contribution in [0, 0.1) is 5.92 Å². The molecule has 0 bridgehead atoms. The van der Waals surface area contributed by atoms with Gasteiger partial charge in [-0.25, -0.2) is 4.79 Å². The van der Waals surface area contributed by atoms with Gasteiger partial charge in [0.25, 0.3) is 0 Å². The quantitative estimate of drug-likeness (QED) is 0.890. The highest BCUT2D eigenvalue weighted by molar-refractivity contribution is 6.30. The third kappa shape index (κ3) is 5.63. The van der Waals surface area contributed by atoms with Crippen LogP contribution in [0.2, 0.25) is 5.02 Å². The lowest BCUT2D eigenvalue weighted by Gasteiger charge is -2.26. The van der Waals surface area contributed by atoms with E-state index in [2.05, 4.69) is 5.32 Å². The molecule has 0 aromatic heterocycles. The van der Waals surface area contributed by atoms with Crippen molar-refractivity contribution in [2.24, 2.45) is 5.92 Å². The maximum atomic E-state index is 11.9. The van der Waals surface area contributed by atoms with Crippen molar-refractivity contribution in [3.05, 3.63) is 34.9 Å². The summed E-state index contributed by atoms with van der Waals surface area (Å²) >= 11 is 5.82. The predicted octanol–water partition coefficient (Wildman–Crippen LogP) is 3.63. The van der Waals surface area contributed by atoms with Gasteiger partial charge in [-0.1, -0.05) is 23.7 Å². The Morgan fingerprint density at radius 2 is 1.76 bits per heavy atom. The van der Waals surface area contributed by atoms with Crippen LogP contribution >= 0.6 is 11.6 Å². The number of hydrogen-bond acceptors (Lipinski definition) is 3. The number of hydrogen-bond donors (Lipinski definition) is 2. The summed E-state index contributed by atoms with van der Waals surface area (Å²) < 4.78 is 5.17. The minimum absolute atomic E-state index is 0.540. The summed E-state index contributed by atoms with van der Waals surface area (Å²) in [6.45, 7) is 6.75. The lowest BCUT2D eigenvalue weighted by Crippen LogP contribution is -2.39. The molecular formula is C15H20ClNO4. The average Bonchev–Trinajstić information content (AvgIpc) is 2.34. The number of aliphatic carboxylic acids is 1. The topological polar surface area (TPSA) is 75.6 Å². The molecule has 1 amide bonds. The van der Waals surface area contributed by atoms with Crippen LogP contribution in [0.5, 0.6) is 0 Å². The van der Waals surface area contributed by atoms with E-state index < -0.39 is 29.6 Å². The monoisotopic (exact) mass is 313 g/mol. The zero-order valence-electron chi connectivity index (χ0n) is 12.5. The third-order valence-electron chi connectivity index (χ3n) is 2.79. The number of carboxylic acid groups (broad SMARTS) is 1. The van der Waals surface area contributed by atoms with Gasteiger partial charge in [-0.15, -0.1) is 0 Å². The summed E-state index contributed by atoms with van der Waals surface area (Å²) in [6.07, 6.45) is -0.657. The van der Waals surface area contributed by atoms with Crippen molar-refractivity contribution in [1.82, 2.24) is 5.32 Å². The second-order valence-electron chi connectivity index (χ2n) is 5.80. The maximum Gasteiger partial charge on any atom is 0.408 e. The number of carbonyl (C=O) groups is 2. The largest absolute Gasteiger partial charge is 0.481 e. The van der Waals surface area contributed by atoms with E-state index in [4.69, 9.17) is 16.3 Å². The van der Waals surface area contributed by atoms with Crippen LogP contribution in [0.15, 0.2) is 24.3 Å². The molecule has 0 spiro atoms. The van der Waals surface area contributed by atoms with E-state index in [1.165, 1.54) is 6.92 Å². The van der Waals surface area contributed by atoms with Crippen LogP contribution < -0.4 is 5.32 Å². The molecule has 0 saturated heterocycles. The number of benzene rings is 1. The normalized spacial score (nSPS) is 14.1. The lowest BCUT2D eigenvalue weighted by molar-refractivity contribution is -0.142. The fraction of sp³-hybridized carbons (Fsp3) is 0.467. The van der Waals surface area contributed by atoms with E-state index in [0.29, 0.717) is 10.6 Å². The lowest BCUT2D eigenvalue weighted by atomic mass is 9.95. The first-order chi connectivity index (χ1) is 9.60. The Hall–Kier alpha value is -1.75. The summed E-state index contributed by atoms with van der Waals surface area (Å²) in [4.78, 5) is 23.1. The van der Waals surface area contributed by atoms with E-state index >= 15 is 0 Å². The molecule has 2 atom stereocenters. The Morgan fingerprint density at radius 1 is 1.24 bits per heavy atom. The molecule has 0 aliphatic carbocycles. The fourth-order valence-electron chi connectivity index (χ4n) is 1.74. The predicted molar refractivity (Wildman–Crippen MR) is 80.4 cm³/mol. The van der Waals surface area contributed by atoms with Crippen molar-refractivity contribution < 1.29 is 19.4 Å². The molecule has 1 aromatic carbocycles. The Morgan fingerprint density at radius 3 is 2.19 bits per heavy atom. The first-order valence-corrected chi connectivity index (χ1v) is 6.96. The van der Waals surface area contributed by atoms with Gasteiger partial charge < -0.3 is 15.2 Å². The zero-order valence-corrected chi connectivity index (χ0v) is 13.3. The van der Waals surface area contributed by atoms with Crippen molar-refractivity contribution in [3.8, 4) is 0 Å². The minimum Gasteiger partial charge on any atom is -0.481 e. The van der Waals surface area contributed by atoms with Gasteiger partial charge in [0.1, 0.15) is 5.60 Å². The first-order valence-electron chi connectivity index (χ1n) is 6.58. The van der Waals surface area contributed by atoms with Gasteiger partial charge in [-0.2, -0.15) is 0 Å². The average molecular weight is 314 g/mol. The van der Waals surface area contributed by atoms with Gasteiger partial charge in [0.15, 0.2) is 0 Å². The first kappa shape index (κ1) is 17.3. The van der Waals surface area contributed by atoms with Crippen molar-refractivity contribution in [2.75, 3.05) is 0 Å². The highest BCUT2D eigenvalue weighted by Crippen LogP contribution is 2.24. The molecule has 0 saturated carbocycles. The highest BCUT2D eigenvalue weighted by atomic mass is 35.5. The van der Waals surface area contributed by atoms with Crippen LogP contribution in [0.1, 0.15) is 39.3 Å². The van der Waals surface area contributed by atoms with Crippen LogP contribution in [0.4, 0.5) is 4.79 Å². The summed E-state index contributed by atoms with van der Waals surface area (Å²) in [5.41, 5.74) is 0.00123. The smallest absolute Gasteiger partial charge is 0.408 e. The molecule has 5 nitrogen and oxygen atoms in total. The highest BCUT2D eigenvalue weighted by Gasteiger charge is 2.28. The number of rotatable bonds is 4. The number of amides is 1. The van der Waals surface area contributed by atoms with E-state index in [-0.39, 0.29) is 0 Å². The van der Waals surface area contributed by atoms with Gasteiger partial charge in [0.2, 0.25) is 0 Å². The van der Waals surface area contributed by atoms with Gasteiger partial charge in [0.05, 0.1) is 12.0 Å². The van der Waals surface area contributed by atoms with Crippen molar-refractivity contribution in [1.29, 1.82) is 0 Å². The summed E-state index contributed by atoms with van der Waals surface area (Å²) in [6, 6.07) is 5.97. The molecular weight excluding hydrogens is 294 g/mol. The van der Waals surface area contributed by atoms with E-state index in [0.717, 1.165) is 0 Å². The number of carboxylic acids is 1. The van der Waals surface area contributed by atoms with Gasteiger partial charge >= 0.3 is 12.1 Å². The van der Waals surface area contributed by atoms with E-state index in [9.17, 15) is 14.7 Å². The van der Waals surface area contributed by atoms with Crippen molar-refractivity contribution in [3.63, 3.8) is 0 Å². The maximum absolute atomic E-state index is 11.9. The van der Waals surface area contributed by atoms with Gasteiger partial charge in [-0.05, 0) is 45.4 Å². The Bertz CT molecular complexity index is 507. The summed E-state index contributed by atoms with van der Waals surface area (Å²) in [5, 5.41) is 12.3. The van der Waals surface area contributed by atoms with Crippen molar-refractivity contribution in [2.45, 2.75) is 39.3 Å². The molecule has 0 heterocycles. The van der Waals surface area contributed by atoms with E-state index in [1.54, 1.807) is 45.0 Å². The van der Waals surface area contributed by atoms with Gasteiger partial charge in [0, 0.05) is 5.02 Å². The Balaban J connectivity index is 2.95. The second kappa shape index (κ2) is 6.80. The number of nitrogens with one attached hydrogen (secondary N) is 1. The van der Waals surface area contributed by atoms with E-state index in [1.807, 2.05) is 0 Å².